The van der Waals surface area contributed by atoms with Gasteiger partial charge in [0.15, 0.2) is 0 Å². The van der Waals surface area contributed by atoms with Crippen LogP contribution in [0.2, 0.25) is 0 Å². The van der Waals surface area contributed by atoms with Crippen molar-refractivity contribution >= 4 is 20.3 Å². The average Bonchev–Trinajstić information content (AvgIpc) is 2.52. The molecule has 2 unspecified atom stereocenters. The first-order valence-electron chi connectivity index (χ1n) is 6.99. The van der Waals surface area contributed by atoms with Gasteiger partial charge < -0.3 is 15.2 Å². The minimum Gasteiger partial charge on any atom is -0.479 e. The van der Waals surface area contributed by atoms with Crippen molar-refractivity contribution in [1.29, 1.82) is 0 Å². The van der Waals surface area contributed by atoms with E-state index in [1.165, 1.54) is 0 Å². The lowest BCUT2D eigenvalue weighted by Gasteiger charge is -2.08. The van der Waals surface area contributed by atoms with Crippen molar-refractivity contribution < 1.29 is 33.4 Å². The second kappa shape index (κ2) is 10.7. The third kappa shape index (κ3) is 8.87. The van der Waals surface area contributed by atoms with Gasteiger partial charge in [-0.3, -0.25) is 0 Å². The Morgan fingerprint density at radius 2 is 1.91 bits per heavy atom. The van der Waals surface area contributed by atoms with Crippen LogP contribution in [0.5, 0.6) is 0 Å². The molecule has 9 heteroatoms. The van der Waals surface area contributed by atoms with E-state index in [1.807, 2.05) is 30.3 Å². The maximum atomic E-state index is 11.4. The average molecular weight is 344 g/mol. The summed E-state index contributed by atoms with van der Waals surface area (Å²) >= 11 is 0. The molecule has 0 aliphatic rings. The molecule has 0 saturated carbocycles. The van der Waals surface area contributed by atoms with Crippen molar-refractivity contribution in [2.45, 2.75) is 32.0 Å². The van der Waals surface area contributed by atoms with Crippen molar-refractivity contribution in [1.82, 2.24) is 5.32 Å². The van der Waals surface area contributed by atoms with E-state index in [9.17, 15) is 14.2 Å². The Labute approximate surface area is 134 Å². The summed E-state index contributed by atoms with van der Waals surface area (Å²) in [6, 6.07) is 9.23. The Balaban J connectivity index is 2.12. The molecule has 1 rings (SSSR count). The number of carboxylic acids is 1. The van der Waals surface area contributed by atoms with E-state index in [4.69, 9.17) is 14.7 Å². The highest BCUT2D eigenvalue weighted by Crippen LogP contribution is 2.21. The molecule has 0 saturated heterocycles. The first-order chi connectivity index (χ1) is 11.0. The molecule has 0 bridgehead atoms. The Kier molecular flexibility index (Phi) is 8.82. The lowest BCUT2D eigenvalue weighted by Crippen LogP contribution is -2.26. The second-order valence-corrected chi connectivity index (χ2v) is 5.34. The van der Waals surface area contributed by atoms with Crippen molar-refractivity contribution in [3.05, 3.63) is 35.9 Å². The molecule has 3 N–H and O–H groups in total. The zero-order valence-corrected chi connectivity index (χ0v) is 13.3. The number of hydrogen-bond donors (Lipinski definition) is 3. The molecular formula is C14H19NO7P+. The van der Waals surface area contributed by atoms with Gasteiger partial charge in [0.2, 0.25) is 6.10 Å². The van der Waals surface area contributed by atoms with Gasteiger partial charge in [0, 0.05) is 11.1 Å². The molecule has 0 spiro atoms. The van der Waals surface area contributed by atoms with E-state index in [1.54, 1.807) is 0 Å². The van der Waals surface area contributed by atoms with Gasteiger partial charge in [0.25, 0.3) is 0 Å². The van der Waals surface area contributed by atoms with E-state index in [2.05, 4.69) is 9.84 Å². The summed E-state index contributed by atoms with van der Waals surface area (Å²) in [6.07, 6.45) is -0.890. The van der Waals surface area contributed by atoms with Crippen LogP contribution in [0.1, 0.15) is 24.8 Å². The molecule has 0 heterocycles. The van der Waals surface area contributed by atoms with Gasteiger partial charge in [0.05, 0.1) is 0 Å². The van der Waals surface area contributed by atoms with E-state index >= 15 is 0 Å². The predicted octanol–water partition coefficient (Wildman–Crippen LogP) is 2.20. The fraction of sp³-hybridized carbons (Fsp3) is 0.429. The van der Waals surface area contributed by atoms with Crippen LogP contribution in [0.3, 0.4) is 0 Å². The topological polar surface area (TPSA) is 122 Å². The fourth-order valence-corrected chi connectivity index (χ4v) is 2.16. The predicted molar refractivity (Wildman–Crippen MR) is 80.8 cm³/mol. The monoisotopic (exact) mass is 344 g/mol. The van der Waals surface area contributed by atoms with Gasteiger partial charge in [-0.25, -0.2) is 9.59 Å². The molecule has 1 aromatic rings. The molecule has 0 fully saturated rings. The third-order valence-electron chi connectivity index (χ3n) is 2.87. The summed E-state index contributed by atoms with van der Waals surface area (Å²) < 4.78 is 19.9. The number of nitrogens with one attached hydrogen (secondary N) is 1. The maximum absolute atomic E-state index is 11.4. The highest BCUT2D eigenvalue weighted by Gasteiger charge is 2.28. The van der Waals surface area contributed by atoms with Crippen molar-refractivity contribution in [2.24, 2.45) is 0 Å². The van der Waals surface area contributed by atoms with E-state index < -0.39 is 26.4 Å². The molecule has 1 amide bonds. The number of alkyl carbamates (subject to hydrolysis) is 1. The first-order valence-corrected chi connectivity index (χ1v) is 8.12. The number of carboxylic acid groups (broad SMARTS) is 1. The van der Waals surface area contributed by atoms with Crippen LogP contribution in [0.4, 0.5) is 4.79 Å². The van der Waals surface area contributed by atoms with Crippen LogP contribution in [-0.2, 0) is 25.2 Å². The highest BCUT2D eigenvalue weighted by atomic mass is 31.1. The number of carbonyl (C=O) groups excluding carboxylic acids is 1. The lowest BCUT2D eigenvalue weighted by atomic mass is 10.1. The van der Waals surface area contributed by atoms with Crippen molar-refractivity contribution in [2.75, 3.05) is 6.54 Å². The lowest BCUT2D eigenvalue weighted by molar-refractivity contribution is -0.145. The molecule has 8 nitrogen and oxygen atoms in total. The summed E-state index contributed by atoms with van der Waals surface area (Å²) in [5.74, 6) is -1.29. The van der Waals surface area contributed by atoms with Gasteiger partial charge in [0.1, 0.15) is 6.61 Å². The van der Waals surface area contributed by atoms with Gasteiger partial charge in [-0.2, -0.15) is 0 Å². The number of unbranched alkanes of at least 4 members (excludes halogenated alkanes) is 1. The Morgan fingerprint density at radius 3 is 2.52 bits per heavy atom. The van der Waals surface area contributed by atoms with E-state index in [0.29, 0.717) is 19.4 Å². The Hall–Kier alpha value is -2.02. The molecular weight excluding hydrogens is 325 g/mol. The summed E-state index contributed by atoms with van der Waals surface area (Å²) in [7, 11) is -2.95. The smallest absolute Gasteiger partial charge is 0.479 e. The maximum Gasteiger partial charge on any atom is 0.695 e. The van der Waals surface area contributed by atoms with Gasteiger partial charge in [-0.1, -0.05) is 30.3 Å². The largest absolute Gasteiger partial charge is 0.695 e. The molecule has 23 heavy (non-hydrogen) atoms. The number of ether oxygens (including phenoxy) is 1. The van der Waals surface area contributed by atoms with Gasteiger partial charge in [-0.15, -0.1) is 9.42 Å². The minimum absolute atomic E-state index is 0.0811. The third-order valence-corrected chi connectivity index (χ3v) is 3.30. The second-order valence-electron chi connectivity index (χ2n) is 4.65. The van der Waals surface area contributed by atoms with E-state index in [-0.39, 0.29) is 13.0 Å². The van der Waals surface area contributed by atoms with Crippen LogP contribution < -0.4 is 5.32 Å². The first kappa shape index (κ1) is 19.0. The number of hydrogen-bond acceptors (Lipinski definition) is 5. The molecule has 0 aromatic heterocycles. The molecule has 126 valence electrons. The normalized spacial score (nSPS) is 12.3. The van der Waals surface area contributed by atoms with Gasteiger partial charge >= 0.3 is 20.3 Å². The quantitative estimate of drug-likeness (QED) is 0.439. The fourth-order valence-electron chi connectivity index (χ4n) is 1.75. The SMILES string of the molecule is O=C(NCCCCC(O[P+](=O)O)C(=O)O)OCc1ccccc1. The summed E-state index contributed by atoms with van der Waals surface area (Å²) in [5.41, 5.74) is 0.877. The number of rotatable bonds is 10. The summed E-state index contributed by atoms with van der Waals surface area (Å²) in [6.45, 7) is 0.483. The van der Waals surface area contributed by atoms with Crippen LogP contribution in [0.25, 0.3) is 0 Å². The molecule has 0 aliphatic carbocycles. The summed E-state index contributed by atoms with van der Waals surface area (Å²) in [4.78, 5) is 30.8. The highest BCUT2D eigenvalue weighted by molar-refractivity contribution is 7.32. The molecule has 2 atom stereocenters. The van der Waals surface area contributed by atoms with Gasteiger partial charge in [-0.05, 0) is 24.8 Å². The number of carbonyl (C=O) groups is 2. The Bertz CT molecular complexity index is 523. The number of benzene rings is 1. The molecule has 0 aliphatic heterocycles. The standard InChI is InChI=1S/C14H18NO7P/c16-13(17)12(22-23(19)20)8-4-5-9-15-14(18)21-10-11-6-2-1-3-7-11/h1-3,6-7,12H,4-5,8-10H2,(H2-,15,16,17,18,19,20)/p+1. The van der Waals surface area contributed by atoms with Crippen LogP contribution in [-0.4, -0.2) is 34.7 Å². The molecule has 1 aromatic carbocycles. The van der Waals surface area contributed by atoms with Crippen molar-refractivity contribution in [3.8, 4) is 0 Å². The zero-order chi connectivity index (χ0) is 17.1. The van der Waals surface area contributed by atoms with Crippen LogP contribution in [0, 0.1) is 0 Å². The summed E-state index contributed by atoms with van der Waals surface area (Å²) in [5, 5.41) is 11.3. The zero-order valence-electron chi connectivity index (χ0n) is 12.4. The van der Waals surface area contributed by atoms with Crippen molar-refractivity contribution in [3.63, 3.8) is 0 Å². The molecule has 0 radical (unpaired) electrons. The minimum atomic E-state index is -2.95. The van der Waals surface area contributed by atoms with Crippen LogP contribution in [0.15, 0.2) is 30.3 Å². The Morgan fingerprint density at radius 1 is 1.22 bits per heavy atom. The number of aliphatic carboxylic acids is 1. The van der Waals surface area contributed by atoms with Crippen LogP contribution >= 0.6 is 8.25 Å². The number of amides is 1. The van der Waals surface area contributed by atoms with E-state index in [0.717, 1.165) is 5.56 Å².